The van der Waals surface area contributed by atoms with Crippen LogP contribution in [0, 0.1) is 0 Å². The van der Waals surface area contributed by atoms with E-state index in [1.54, 1.807) is 0 Å². The van der Waals surface area contributed by atoms with Crippen LogP contribution in [-0.2, 0) is 47.4 Å². The van der Waals surface area contributed by atoms with Gasteiger partial charge in [-0.05, 0) is 0 Å². The van der Waals surface area contributed by atoms with E-state index in [4.69, 9.17) is 47.4 Å². The van der Waals surface area contributed by atoms with E-state index >= 15 is 0 Å². The lowest BCUT2D eigenvalue weighted by atomic mass is 9.79. The van der Waals surface area contributed by atoms with Crippen LogP contribution in [0.1, 0.15) is 0 Å². The van der Waals surface area contributed by atoms with Crippen molar-refractivity contribution in [1.29, 1.82) is 0 Å². The summed E-state index contributed by atoms with van der Waals surface area (Å²) in [4.78, 5) is 0. The summed E-state index contributed by atoms with van der Waals surface area (Å²) >= 11 is 0. The Morgan fingerprint density at radius 1 is 0.542 bits per heavy atom. The fourth-order valence-corrected chi connectivity index (χ4v) is 6.41. The van der Waals surface area contributed by atoms with Gasteiger partial charge in [0.15, 0.2) is 30.8 Å². The fourth-order valence-electron chi connectivity index (χ4n) is 6.41. The van der Waals surface area contributed by atoms with Gasteiger partial charge in [-0.1, -0.05) is 0 Å². The van der Waals surface area contributed by atoms with Gasteiger partial charge in [-0.2, -0.15) is 0 Å². The van der Waals surface area contributed by atoms with Crippen molar-refractivity contribution < 1.29 is 104 Å². The molecule has 48 heavy (non-hydrogen) atoms. The Morgan fingerprint density at radius 2 is 1.02 bits per heavy atom. The molecule has 0 bridgehead atoms. The zero-order valence-electron chi connectivity index (χ0n) is 26.0. The van der Waals surface area contributed by atoms with Crippen molar-refractivity contribution in [1.82, 2.24) is 0 Å². The second kappa shape index (κ2) is 15.8. The van der Waals surface area contributed by atoms with E-state index in [9.17, 15) is 56.2 Å². The van der Waals surface area contributed by atoms with Crippen LogP contribution >= 0.6 is 0 Å². The number of rotatable bonds is 10. The molecule has 5 fully saturated rings. The van der Waals surface area contributed by atoms with E-state index in [0.29, 0.717) is 0 Å². The number of ether oxygens (including phenoxy) is 10. The van der Waals surface area contributed by atoms with Gasteiger partial charge < -0.3 is 104 Å². The van der Waals surface area contributed by atoms with Crippen molar-refractivity contribution in [2.24, 2.45) is 0 Å². The van der Waals surface area contributed by atoms with E-state index < -0.39 is 142 Å². The first-order valence-corrected chi connectivity index (χ1v) is 15.4. The largest absolute Gasteiger partial charge is 0.394 e. The molecule has 0 spiro atoms. The van der Waals surface area contributed by atoms with Crippen molar-refractivity contribution in [2.75, 3.05) is 47.3 Å². The molecule has 5 rings (SSSR count). The third kappa shape index (κ3) is 7.13. The summed E-state index contributed by atoms with van der Waals surface area (Å²) in [5.41, 5.74) is -2.75. The van der Waals surface area contributed by atoms with Crippen molar-refractivity contribution in [3.63, 3.8) is 0 Å². The minimum Gasteiger partial charge on any atom is -0.394 e. The van der Waals surface area contributed by atoms with E-state index in [0.717, 1.165) is 0 Å². The van der Waals surface area contributed by atoms with Gasteiger partial charge >= 0.3 is 0 Å². The smallest absolute Gasteiger partial charge is 0.187 e. The Morgan fingerprint density at radius 3 is 1.56 bits per heavy atom. The number of hydrogen-bond acceptors (Lipinski definition) is 21. The van der Waals surface area contributed by atoms with Crippen molar-refractivity contribution in [3.05, 3.63) is 0 Å². The topological polar surface area (TPSA) is 315 Å². The molecule has 20 atom stereocenters. The van der Waals surface area contributed by atoms with Gasteiger partial charge in [0.05, 0.1) is 33.0 Å². The van der Waals surface area contributed by atoms with Gasteiger partial charge in [0, 0.05) is 14.2 Å². The van der Waals surface area contributed by atoms with Crippen molar-refractivity contribution in [2.45, 2.75) is 122 Å². The molecular weight excluding hydrogens is 660 g/mol. The van der Waals surface area contributed by atoms with Crippen LogP contribution < -0.4 is 0 Å². The molecule has 280 valence electrons. The Kier molecular flexibility index (Phi) is 12.6. The SMILES string of the molecule is COC1COC(OC2COC(OC3COC(OC4COC(OC)C(O)C4O)C(O)C3(O)C3OC(CO)C(O)C3O)C(O)C2O)C(O)C1O. The highest BCUT2D eigenvalue weighted by Crippen LogP contribution is 2.41. The summed E-state index contributed by atoms with van der Waals surface area (Å²) < 4.78 is 54.3. The van der Waals surface area contributed by atoms with Gasteiger partial charge in [-0.25, -0.2) is 0 Å². The summed E-state index contributed by atoms with van der Waals surface area (Å²) in [5, 5.41) is 118. The minimum atomic E-state index is -2.75. The van der Waals surface area contributed by atoms with Crippen molar-refractivity contribution in [3.8, 4) is 0 Å². The number of hydrogen-bond donors (Lipinski definition) is 11. The van der Waals surface area contributed by atoms with E-state index in [2.05, 4.69) is 0 Å². The molecule has 0 aromatic carbocycles. The Balaban J connectivity index is 1.30. The highest BCUT2D eigenvalue weighted by atomic mass is 16.8. The van der Waals surface area contributed by atoms with Gasteiger partial charge in [-0.15, -0.1) is 0 Å². The van der Waals surface area contributed by atoms with Crippen LogP contribution in [0.2, 0.25) is 0 Å². The van der Waals surface area contributed by atoms with Gasteiger partial charge in [0.25, 0.3) is 0 Å². The lowest BCUT2D eigenvalue weighted by molar-refractivity contribution is -0.385. The highest BCUT2D eigenvalue weighted by Gasteiger charge is 2.65. The average Bonchev–Trinajstić information content (AvgIpc) is 3.37. The molecule has 0 aromatic heterocycles. The summed E-state index contributed by atoms with van der Waals surface area (Å²) in [7, 11) is 2.56. The van der Waals surface area contributed by atoms with Gasteiger partial charge in [0.2, 0.25) is 0 Å². The van der Waals surface area contributed by atoms with Crippen LogP contribution in [0.3, 0.4) is 0 Å². The molecule has 0 aromatic rings. The number of methoxy groups -OCH3 is 2. The maximum atomic E-state index is 12.1. The predicted octanol–water partition coefficient (Wildman–Crippen LogP) is -8.03. The molecule has 0 saturated carbocycles. The maximum Gasteiger partial charge on any atom is 0.187 e. The zero-order chi connectivity index (χ0) is 35.1. The van der Waals surface area contributed by atoms with Crippen molar-refractivity contribution >= 4 is 0 Å². The summed E-state index contributed by atoms with van der Waals surface area (Å²) in [5.74, 6) is 0. The molecule has 21 heteroatoms. The molecule has 5 heterocycles. The predicted molar refractivity (Wildman–Crippen MR) is 146 cm³/mol. The Hall–Kier alpha value is -0.840. The first kappa shape index (κ1) is 38.4. The lowest BCUT2D eigenvalue weighted by Crippen LogP contribution is -2.73. The standard InChI is InChI=1S/C27H46O21/c1-39-9-4-42-24(19(35)14(9)30)46-10-6-43-25(20(36)16(10)32)48-12-7-44-26(47-11-5-41-23(40-2)18(34)15(11)31)21(37)27(12,38)22-17(33)13(29)8(3-28)45-22/h8-26,28-38H,3-7H2,1-2H3. The van der Waals surface area contributed by atoms with E-state index in [1.807, 2.05) is 0 Å². The van der Waals surface area contributed by atoms with Crippen LogP contribution in [0.5, 0.6) is 0 Å². The van der Waals surface area contributed by atoms with E-state index in [1.165, 1.54) is 14.2 Å². The molecule has 0 radical (unpaired) electrons. The number of aliphatic hydroxyl groups excluding tert-OH is 10. The molecular formula is C27H46O21. The van der Waals surface area contributed by atoms with Crippen LogP contribution in [0.25, 0.3) is 0 Å². The third-order valence-corrected chi connectivity index (χ3v) is 9.41. The van der Waals surface area contributed by atoms with Crippen LogP contribution in [-0.4, -0.2) is 226 Å². The maximum absolute atomic E-state index is 12.1. The fraction of sp³-hybridized carbons (Fsp3) is 1.00. The van der Waals surface area contributed by atoms with Gasteiger partial charge in [-0.3, -0.25) is 0 Å². The molecule has 5 aliphatic heterocycles. The lowest BCUT2D eigenvalue weighted by Gasteiger charge is -2.51. The highest BCUT2D eigenvalue weighted by molar-refractivity contribution is 5.11. The second-order valence-electron chi connectivity index (χ2n) is 12.3. The number of aliphatic hydroxyl groups is 11. The molecule has 5 aliphatic rings. The minimum absolute atomic E-state index is 0.146. The quantitative estimate of drug-likeness (QED) is 0.100. The molecule has 11 N–H and O–H groups in total. The second-order valence-corrected chi connectivity index (χ2v) is 12.3. The Labute approximate surface area is 273 Å². The normalized spacial score (nSPS) is 53.6. The van der Waals surface area contributed by atoms with Crippen LogP contribution in [0.4, 0.5) is 0 Å². The summed E-state index contributed by atoms with van der Waals surface area (Å²) in [6.45, 7) is -2.41. The van der Waals surface area contributed by atoms with Crippen LogP contribution in [0.15, 0.2) is 0 Å². The first-order valence-electron chi connectivity index (χ1n) is 15.4. The monoisotopic (exact) mass is 706 g/mol. The van der Waals surface area contributed by atoms with E-state index in [-0.39, 0.29) is 13.2 Å². The molecule has 0 amide bonds. The molecule has 21 nitrogen and oxygen atoms in total. The third-order valence-electron chi connectivity index (χ3n) is 9.41. The summed E-state index contributed by atoms with van der Waals surface area (Å²) in [6.07, 6.45) is -30.2. The molecule has 5 saturated heterocycles. The first-order chi connectivity index (χ1) is 22.8. The zero-order valence-corrected chi connectivity index (χ0v) is 26.0. The molecule has 0 aliphatic carbocycles. The average molecular weight is 707 g/mol. The van der Waals surface area contributed by atoms with Gasteiger partial charge in [0.1, 0.15) is 91.6 Å². The molecule has 20 unspecified atom stereocenters. The Bertz CT molecular complexity index is 1030. The summed E-state index contributed by atoms with van der Waals surface area (Å²) in [6, 6.07) is 0.